The number of carbonyl (C=O) groups is 1. The largest absolute Gasteiger partial charge is 0.352 e. The maximum absolute atomic E-state index is 12.4. The van der Waals surface area contributed by atoms with Crippen LogP contribution in [0, 0.1) is 6.92 Å². The number of fused-ring (bicyclic) bond motifs is 1. The van der Waals surface area contributed by atoms with E-state index in [2.05, 4.69) is 52.1 Å². The van der Waals surface area contributed by atoms with E-state index in [-0.39, 0.29) is 5.91 Å². The number of aromatic nitrogens is 3. The number of amides is 1. The minimum Gasteiger partial charge on any atom is -0.352 e. The molecular formula is C24H24N4O. The Morgan fingerprint density at radius 1 is 1.03 bits per heavy atom. The van der Waals surface area contributed by atoms with Crippen LogP contribution in [-0.2, 0) is 24.3 Å². The first-order chi connectivity index (χ1) is 14.2. The standard InChI is InChI=1S/C24H24N4O/c1-18-6-4-7-19(14-18)15-23-27-21-9-2-3-10-22(21)28(23)13-11-24(29)26-17-20-8-5-12-25-16-20/h2-10,12,14,16H,11,13,15,17H2,1H3,(H,26,29). The predicted molar refractivity (Wildman–Crippen MR) is 114 cm³/mol. The summed E-state index contributed by atoms with van der Waals surface area (Å²) in [5.41, 5.74) is 5.48. The van der Waals surface area contributed by atoms with E-state index in [9.17, 15) is 4.79 Å². The average molecular weight is 384 g/mol. The summed E-state index contributed by atoms with van der Waals surface area (Å²) in [5.74, 6) is 1.00. The maximum Gasteiger partial charge on any atom is 0.222 e. The molecule has 4 aromatic rings. The number of para-hydroxylation sites is 2. The first-order valence-corrected chi connectivity index (χ1v) is 9.84. The normalized spacial score (nSPS) is 10.9. The number of nitrogens with one attached hydrogen (secondary N) is 1. The molecule has 0 unspecified atom stereocenters. The number of hydrogen-bond donors (Lipinski definition) is 1. The van der Waals surface area contributed by atoms with Gasteiger partial charge in [0.2, 0.25) is 5.91 Å². The van der Waals surface area contributed by atoms with Crippen molar-refractivity contribution in [2.75, 3.05) is 0 Å². The van der Waals surface area contributed by atoms with Crippen molar-refractivity contribution >= 4 is 16.9 Å². The van der Waals surface area contributed by atoms with Gasteiger partial charge in [-0.15, -0.1) is 0 Å². The minimum atomic E-state index is 0.0214. The van der Waals surface area contributed by atoms with E-state index >= 15 is 0 Å². The Kier molecular flexibility index (Phi) is 5.66. The highest BCUT2D eigenvalue weighted by Crippen LogP contribution is 2.19. The molecule has 0 atom stereocenters. The van der Waals surface area contributed by atoms with Gasteiger partial charge in [-0.3, -0.25) is 9.78 Å². The van der Waals surface area contributed by atoms with Gasteiger partial charge in [0.1, 0.15) is 5.82 Å². The topological polar surface area (TPSA) is 59.8 Å². The van der Waals surface area contributed by atoms with Crippen LogP contribution >= 0.6 is 0 Å². The van der Waals surface area contributed by atoms with Crippen LogP contribution in [0.15, 0.2) is 73.1 Å². The molecule has 2 aromatic carbocycles. The van der Waals surface area contributed by atoms with E-state index in [0.717, 1.165) is 28.8 Å². The van der Waals surface area contributed by atoms with Crippen molar-refractivity contribution in [3.05, 3.63) is 95.6 Å². The number of nitrogens with zero attached hydrogens (tertiary/aromatic N) is 3. The van der Waals surface area contributed by atoms with Crippen LogP contribution in [0.3, 0.4) is 0 Å². The van der Waals surface area contributed by atoms with Gasteiger partial charge in [-0.25, -0.2) is 4.98 Å². The van der Waals surface area contributed by atoms with Crippen molar-refractivity contribution < 1.29 is 4.79 Å². The van der Waals surface area contributed by atoms with Crippen molar-refractivity contribution in [1.29, 1.82) is 0 Å². The molecule has 5 heteroatoms. The Bertz CT molecular complexity index is 1120. The third-order valence-corrected chi connectivity index (χ3v) is 4.95. The van der Waals surface area contributed by atoms with Crippen LogP contribution in [0.2, 0.25) is 0 Å². The zero-order valence-corrected chi connectivity index (χ0v) is 16.5. The summed E-state index contributed by atoms with van der Waals surface area (Å²) in [6, 6.07) is 20.4. The SMILES string of the molecule is Cc1cccc(Cc2nc3ccccc3n2CCC(=O)NCc2cccnc2)c1. The lowest BCUT2D eigenvalue weighted by atomic mass is 10.1. The fourth-order valence-corrected chi connectivity index (χ4v) is 3.52. The van der Waals surface area contributed by atoms with Crippen molar-refractivity contribution in [2.45, 2.75) is 32.9 Å². The van der Waals surface area contributed by atoms with Crippen LogP contribution in [-0.4, -0.2) is 20.4 Å². The number of carbonyl (C=O) groups excluding carboxylic acids is 1. The van der Waals surface area contributed by atoms with Crippen LogP contribution in [0.1, 0.15) is 28.9 Å². The molecule has 0 aliphatic carbocycles. The van der Waals surface area contributed by atoms with Crippen LogP contribution < -0.4 is 5.32 Å². The summed E-state index contributed by atoms with van der Waals surface area (Å²) in [6.45, 7) is 3.19. The molecule has 2 aromatic heterocycles. The van der Waals surface area contributed by atoms with Gasteiger partial charge in [0.05, 0.1) is 11.0 Å². The van der Waals surface area contributed by atoms with Crippen LogP contribution in [0.5, 0.6) is 0 Å². The van der Waals surface area contributed by atoms with Gasteiger partial charge in [-0.05, 0) is 36.2 Å². The monoisotopic (exact) mass is 384 g/mol. The lowest BCUT2D eigenvalue weighted by Gasteiger charge is -2.10. The quantitative estimate of drug-likeness (QED) is 0.523. The van der Waals surface area contributed by atoms with Gasteiger partial charge in [0.15, 0.2) is 0 Å². The zero-order chi connectivity index (χ0) is 20.1. The van der Waals surface area contributed by atoms with E-state index in [0.29, 0.717) is 19.5 Å². The zero-order valence-electron chi connectivity index (χ0n) is 16.5. The third kappa shape index (κ3) is 4.69. The second-order valence-electron chi connectivity index (χ2n) is 7.22. The number of benzene rings is 2. The Morgan fingerprint density at radius 3 is 2.72 bits per heavy atom. The lowest BCUT2D eigenvalue weighted by Crippen LogP contribution is -2.24. The fraction of sp³-hybridized carbons (Fsp3) is 0.208. The molecule has 1 amide bonds. The highest BCUT2D eigenvalue weighted by molar-refractivity contribution is 5.78. The minimum absolute atomic E-state index is 0.0214. The van der Waals surface area contributed by atoms with Crippen molar-refractivity contribution in [1.82, 2.24) is 19.9 Å². The Labute approximate surface area is 170 Å². The van der Waals surface area contributed by atoms with E-state index in [4.69, 9.17) is 4.98 Å². The molecule has 0 bridgehead atoms. The lowest BCUT2D eigenvalue weighted by molar-refractivity contribution is -0.121. The molecule has 4 rings (SSSR count). The summed E-state index contributed by atoms with van der Waals surface area (Å²) < 4.78 is 2.17. The van der Waals surface area contributed by atoms with Gasteiger partial charge in [0.25, 0.3) is 0 Å². The summed E-state index contributed by atoms with van der Waals surface area (Å²) in [4.78, 5) is 21.3. The molecule has 0 spiro atoms. The summed E-state index contributed by atoms with van der Waals surface area (Å²) in [6.07, 6.45) is 4.64. The van der Waals surface area contributed by atoms with Crippen LogP contribution in [0.25, 0.3) is 11.0 Å². The van der Waals surface area contributed by atoms with Gasteiger partial charge in [-0.2, -0.15) is 0 Å². The second-order valence-corrected chi connectivity index (χ2v) is 7.22. The number of hydrogen-bond acceptors (Lipinski definition) is 3. The molecule has 0 radical (unpaired) electrons. The summed E-state index contributed by atoms with van der Waals surface area (Å²) in [5, 5.41) is 2.97. The number of imidazole rings is 1. The smallest absolute Gasteiger partial charge is 0.222 e. The van der Waals surface area contributed by atoms with Crippen molar-refractivity contribution in [2.24, 2.45) is 0 Å². The molecule has 146 valence electrons. The molecule has 5 nitrogen and oxygen atoms in total. The summed E-state index contributed by atoms with van der Waals surface area (Å²) >= 11 is 0. The molecule has 0 saturated carbocycles. The van der Waals surface area contributed by atoms with E-state index in [1.54, 1.807) is 12.4 Å². The third-order valence-electron chi connectivity index (χ3n) is 4.95. The van der Waals surface area contributed by atoms with Gasteiger partial charge < -0.3 is 9.88 Å². The highest BCUT2D eigenvalue weighted by atomic mass is 16.1. The van der Waals surface area contributed by atoms with E-state index in [1.807, 2.05) is 30.3 Å². The molecule has 0 fully saturated rings. The highest BCUT2D eigenvalue weighted by Gasteiger charge is 2.12. The second kappa shape index (κ2) is 8.69. The Morgan fingerprint density at radius 2 is 1.90 bits per heavy atom. The number of aryl methyl sites for hydroxylation is 2. The molecule has 29 heavy (non-hydrogen) atoms. The van der Waals surface area contributed by atoms with E-state index in [1.165, 1.54) is 11.1 Å². The van der Waals surface area contributed by atoms with Crippen molar-refractivity contribution in [3.8, 4) is 0 Å². The van der Waals surface area contributed by atoms with Gasteiger partial charge in [0, 0.05) is 38.3 Å². The summed E-state index contributed by atoms with van der Waals surface area (Å²) in [7, 11) is 0. The van der Waals surface area contributed by atoms with Gasteiger partial charge >= 0.3 is 0 Å². The molecule has 0 aliphatic rings. The molecule has 0 aliphatic heterocycles. The first kappa shape index (κ1) is 18.9. The maximum atomic E-state index is 12.4. The molecule has 0 saturated heterocycles. The first-order valence-electron chi connectivity index (χ1n) is 9.84. The predicted octanol–water partition coefficient (Wildman–Crippen LogP) is 4.04. The number of pyridine rings is 1. The molecule has 1 N–H and O–H groups in total. The van der Waals surface area contributed by atoms with Crippen LogP contribution in [0.4, 0.5) is 0 Å². The van der Waals surface area contributed by atoms with Crippen molar-refractivity contribution in [3.63, 3.8) is 0 Å². The van der Waals surface area contributed by atoms with E-state index < -0.39 is 0 Å². The number of rotatable bonds is 7. The average Bonchev–Trinajstić information content (AvgIpc) is 3.08. The fourth-order valence-electron chi connectivity index (χ4n) is 3.52. The molecule has 2 heterocycles. The molecular weight excluding hydrogens is 360 g/mol. The van der Waals surface area contributed by atoms with Gasteiger partial charge in [-0.1, -0.05) is 48.0 Å². The Hall–Kier alpha value is -3.47. The Balaban J connectivity index is 1.49.